The molecule has 2 unspecified atom stereocenters. The minimum atomic E-state index is -1.09. The molecule has 0 fully saturated rings. The fraction of sp³-hybridized carbons (Fsp3) is 0.316. The van der Waals surface area contributed by atoms with Crippen LogP contribution in [-0.2, 0) is 20.9 Å². The number of ether oxygens (including phenoxy) is 3. The number of carbonyl (C=O) groups is 1. The van der Waals surface area contributed by atoms with E-state index in [0.717, 1.165) is 5.56 Å². The van der Waals surface area contributed by atoms with Gasteiger partial charge in [0.25, 0.3) is 0 Å². The molecule has 2 aromatic rings. The van der Waals surface area contributed by atoms with Gasteiger partial charge in [-0.1, -0.05) is 30.3 Å². The molecule has 2 aromatic carbocycles. The standard InChI is InChI=1S/C19H22FN3O4/c1-25-12-16(21)18(19(24)26-2)23-22-17-9-8-14(10-15(17)20)27-11-13-6-4-3-5-7-13/h3-10,16,18H,11-12,21H2,1-2H3. The normalized spacial score (nSPS) is 13.3. The molecule has 0 spiro atoms. The minimum absolute atomic E-state index is 0.0411. The Morgan fingerprint density at radius 3 is 2.56 bits per heavy atom. The summed E-state index contributed by atoms with van der Waals surface area (Å²) in [4.78, 5) is 11.8. The molecular formula is C19H22FN3O4. The first-order valence-electron chi connectivity index (χ1n) is 8.24. The van der Waals surface area contributed by atoms with Gasteiger partial charge in [0.15, 0.2) is 11.9 Å². The number of halogens is 1. The molecule has 0 saturated carbocycles. The van der Waals surface area contributed by atoms with E-state index in [1.165, 1.54) is 26.4 Å². The van der Waals surface area contributed by atoms with Crippen molar-refractivity contribution in [1.82, 2.24) is 0 Å². The predicted molar refractivity (Wildman–Crippen MR) is 97.3 cm³/mol. The van der Waals surface area contributed by atoms with Gasteiger partial charge < -0.3 is 19.9 Å². The lowest BCUT2D eigenvalue weighted by Crippen LogP contribution is -2.42. The third kappa shape index (κ3) is 6.12. The second-order valence-corrected chi connectivity index (χ2v) is 5.69. The molecule has 0 radical (unpaired) electrons. The summed E-state index contributed by atoms with van der Waals surface area (Å²) in [7, 11) is 2.66. The Bertz CT molecular complexity index is 771. The maximum Gasteiger partial charge on any atom is 0.334 e. The van der Waals surface area contributed by atoms with Crippen molar-refractivity contribution < 1.29 is 23.4 Å². The van der Waals surface area contributed by atoms with Crippen LogP contribution in [-0.4, -0.2) is 38.9 Å². The summed E-state index contributed by atoms with van der Waals surface area (Å²) in [5.74, 6) is -0.948. The summed E-state index contributed by atoms with van der Waals surface area (Å²) in [6, 6.07) is 11.9. The Morgan fingerprint density at radius 1 is 1.19 bits per heavy atom. The lowest BCUT2D eigenvalue weighted by molar-refractivity contribution is -0.143. The molecule has 2 rings (SSSR count). The third-order valence-corrected chi connectivity index (χ3v) is 3.66. The van der Waals surface area contributed by atoms with E-state index in [-0.39, 0.29) is 12.3 Å². The molecule has 2 atom stereocenters. The fourth-order valence-electron chi connectivity index (χ4n) is 2.24. The smallest absolute Gasteiger partial charge is 0.334 e. The number of esters is 1. The fourth-order valence-corrected chi connectivity index (χ4v) is 2.24. The highest BCUT2D eigenvalue weighted by Crippen LogP contribution is 2.24. The van der Waals surface area contributed by atoms with Gasteiger partial charge in [-0.2, -0.15) is 10.2 Å². The van der Waals surface area contributed by atoms with E-state index in [4.69, 9.17) is 15.2 Å². The van der Waals surface area contributed by atoms with Crippen LogP contribution in [0.5, 0.6) is 5.75 Å². The van der Waals surface area contributed by atoms with Crippen LogP contribution in [0, 0.1) is 5.82 Å². The van der Waals surface area contributed by atoms with Crippen molar-refractivity contribution in [3.05, 3.63) is 59.9 Å². The first kappa shape index (κ1) is 20.5. The van der Waals surface area contributed by atoms with Crippen molar-refractivity contribution in [2.45, 2.75) is 18.7 Å². The average Bonchev–Trinajstić information content (AvgIpc) is 2.68. The van der Waals surface area contributed by atoms with Crippen molar-refractivity contribution in [2.24, 2.45) is 16.0 Å². The lowest BCUT2D eigenvalue weighted by Gasteiger charge is -2.16. The largest absolute Gasteiger partial charge is 0.489 e. The Labute approximate surface area is 156 Å². The zero-order valence-electron chi connectivity index (χ0n) is 15.2. The number of nitrogens with zero attached hydrogens (tertiary/aromatic N) is 2. The molecule has 0 bridgehead atoms. The van der Waals surface area contributed by atoms with Crippen molar-refractivity contribution in [1.29, 1.82) is 0 Å². The molecule has 2 N–H and O–H groups in total. The highest BCUT2D eigenvalue weighted by molar-refractivity contribution is 5.76. The van der Waals surface area contributed by atoms with Crippen LogP contribution >= 0.6 is 0 Å². The number of azo groups is 1. The molecule has 8 heteroatoms. The number of methoxy groups -OCH3 is 2. The van der Waals surface area contributed by atoms with Gasteiger partial charge in [-0.25, -0.2) is 9.18 Å². The maximum absolute atomic E-state index is 14.3. The van der Waals surface area contributed by atoms with Crippen LogP contribution in [0.15, 0.2) is 58.8 Å². The summed E-state index contributed by atoms with van der Waals surface area (Å²) in [5.41, 5.74) is 6.76. The maximum atomic E-state index is 14.3. The number of hydrogen-bond acceptors (Lipinski definition) is 7. The van der Waals surface area contributed by atoms with E-state index in [2.05, 4.69) is 15.0 Å². The summed E-state index contributed by atoms with van der Waals surface area (Å²) in [6.07, 6.45) is 0. The van der Waals surface area contributed by atoms with Gasteiger partial charge in [0.1, 0.15) is 18.0 Å². The van der Waals surface area contributed by atoms with E-state index in [9.17, 15) is 9.18 Å². The summed E-state index contributed by atoms with van der Waals surface area (Å²) in [6.45, 7) is 0.394. The van der Waals surface area contributed by atoms with Crippen LogP contribution in [0.3, 0.4) is 0 Å². The van der Waals surface area contributed by atoms with Crippen molar-refractivity contribution in [2.75, 3.05) is 20.8 Å². The van der Waals surface area contributed by atoms with E-state index in [0.29, 0.717) is 12.4 Å². The highest BCUT2D eigenvalue weighted by atomic mass is 19.1. The number of rotatable bonds is 9. The summed E-state index contributed by atoms with van der Waals surface area (Å²) >= 11 is 0. The Kier molecular flexibility index (Phi) is 7.84. The third-order valence-electron chi connectivity index (χ3n) is 3.66. The van der Waals surface area contributed by atoms with Gasteiger partial charge in [-0.3, -0.25) is 0 Å². The number of carbonyl (C=O) groups excluding carboxylic acids is 1. The molecule has 0 aliphatic heterocycles. The van der Waals surface area contributed by atoms with E-state index in [1.54, 1.807) is 6.07 Å². The monoisotopic (exact) mass is 375 g/mol. The minimum Gasteiger partial charge on any atom is -0.489 e. The highest BCUT2D eigenvalue weighted by Gasteiger charge is 2.26. The van der Waals surface area contributed by atoms with Gasteiger partial charge in [-0.05, 0) is 17.7 Å². The van der Waals surface area contributed by atoms with Crippen LogP contribution in [0.4, 0.5) is 10.1 Å². The van der Waals surface area contributed by atoms with Gasteiger partial charge in [0.2, 0.25) is 0 Å². The van der Waals surface area contributed by atoms with Crippen molar-refractivity contribution in [3.63, 3.8) is 0 Å². The zero-order chi connectivity index (χ0) is 19.6. The van der Waals surface area contributed by atoms with E-state index >= 15 is 0 Å². The quantitative estimate of drug-likeness (QED) is 0.537. The van der Waals surface area contributed by atoms with Gasteiger partial charge in [0, 0.05) is 13.2 Å². The Hall–Kier alpha value is -2.84. The first-order valence-corrected chi connectivity index (χ1v) is 8.24. The van der Waals surface area contributed by atoms with Crippen LogP contribution in [0.1, 0.15) is 5.56 Å². The number of benzene rings is 2. The molecule has 0 amide bonds. The Balaban J connectivity index is 2.07. The molecule has 0 aromatic heterocycles. The predicted octanol–water partition coefficient (Wildman–Crippen LogP) is 3.00. The SMILES string of the molecule is COCC(N)C(N=Nc1ccc(OCc2ccccc2)cc1F)C(=O)OC. The number of nitrogens with two attached hydrogens (primary N) is 1. The number of hydrogen-bond donors (Lipinski definition) is 1. The van der Waals surface area contributed by atoms with Crippen LogP contribution in [0.25, 0.3) is 0 Å². The molecule has 0 saturated heterocycles. The van der Waals surface area contributed by atoms with Crippen molar-refractivity contribution >= 4 is 11.7 Å². The van der Waals surface area contributed by atoms with Gasteiger partial charge in [0.05, 0.1) is 19.8 Å². The van der Waals surface area contributed by atoms with E-state index < -0.39 is 23.9 Å². The molecular weight excluding hydrogens is 353 g/mol. The average molecular weight is 375 g/mol. The van der Waals surface area contributed by atoms with Crippen molar-refractivity contribution in [3.8, 4) is 5.75 Å². The van der Waals surface area contributed by atoms with Crippen LogP contribution in [0.2, 0.25) is 0 Å². The topological polar surface area (TPSA) is 95.5 Å². The molecule has 27 heavy (non-hydrogen) atoms. The lowest BCUT2D eigenvalue weighted by atomic mass is 10.1. The summed E-state index contributed by atoms with van der Waals surface area (Å²) < 4.78 is 29.4. The molecule has 0 heterocycles. The van der Waals surface area contributed by atoms with Gasteiger partial charge >= 0.3 is 5.97 Å². The molecule has 0 aliphatic carbocycles. The Morgan fingerprint density at radius 2 is 1.93 bits per heavy atom. The van der Waals surface area contributed by atoms with E-state index in [1.807, 2.05) is 30.3 Å². The molecule has 0 aliphatic rings. The first-order chi connectivity index (χ1) is 13.0. The molecule has 7 nitrogen and oxygen atoms in total. The zero-order valence-corrected chi connectivity index (χ0v) is 15.2. The second-order valence-electron chi connectivity index (χ2n) is 5.69. The molecule has 144 valence electrons. The summed E-state index contributed by atoms with van der Waals surface area (Å²) in [5, 5.41) is 7.63. The second kappa shape index (κ2) is 10.3. The van der Waals surface area contributed by atoms with Crippen LogP contribution < -0.4 is 10.5 Å². The van der Waals surface area contributed by atoms with Gasteiger partial charge in [-0.15, -0.1) is 0 Å².